The van der Waals surface area contributed by atoms with Crippen molar-refractivity contribution in [2.45, 2.75) is 31.7 Å². The predicted molar refractivity (Wildman–Crippen MR) is 103 cm³/mol. The SMILES string of the molecule is O[C@@H]1CN(Cc2ccccc2Cn2cccn2)CC[C@H]1Nc1ncccn1. The van der Waals surface area contributed by atoms with Crippen LogP contribution in [0.3, 0.4) is 0 Å². The van der Waals surface area contributed by atoms with E-state index in [1.165, 1.54) is 11.1 Å². The van der Waals surface area contributed by atoms with Crippen molar-refractivity contribution in [2.75, 3.05) is 18.4 Å². The van der Waals surface area contributed by atoms with E-state index < -0.39 is 6.10 Å². The third-order valence-electron chi connectivity index (χ3n) is 4.95. The number of anilines is 1. The number of aromatic nitrogens is 4. The van der Waals surface area contributed by atoms with Crippen LogP contribution in [0, 0.1) is 0 Å². The third-order valence-corrected chi connectivity index (χ3v) is 4.95. The van der Waals surface area contributed by atoms with Crippen molar-refractivity contribution in [3.63, 3.8) is 0 Å². The Morgan fingerprint density at radius 2 is 1.78 bits per heavy atom. The van der Waals surface area contributed by atoms with Crippen molar-refractivity contribution in [1.82, 2.24) is 24.6 Å². The van der Waals surface area contributed by atoms with Gasteiger partial charge in [0.05, 0.1) is 18.7 Å². The normalized spacial score (nSPS) is 20.5. The molecule has 2 aromatic heterocycles. The zero-order chi connectivity index (χ0) is 18.5. The minimum absolute atomic E-state index is 0.0250. The van der Waals surface area contributed by atoms with Gasteiger partial charge in [0.1, 0.15) is 0 Å². The number of aliphatic hydroxyl groups excluding tert-OH is 1. The second-order valence-electron chi connectivity index (χ2n) is 6.89. The number of hydrogen-bond acceptors (Lipinski definition) is 6. The summed E-state index contributed by atoms with van der Waals surface area (Å²) in [4.78, 5) is 10.7. The Morgan fingerprint density at radius 3 is 2.48 bits per heavy atom. The molecule has 4 rings (SSSR count). The quantitative estimate of drug-likeness (QED) is 0.694. The molecule has 1 aliphatic heterocycles. The van der Waals surface area contributed by atoms with Gasteiger partial charge in [-0.1, -0.05) is 24.3 Å². The lowest BCUT2D eigenvalue weighted by atomic mass is 10.00. The van der Waals surface area contributed by atoms with E-state index in [1.807, 2.05) is 16.9 Å². The van der Waals surface area contributed by atoms with E-state index in [9.17, 15) is 5.11 Å². The van der Waals surface area contributed by atoms with Crippen LogP contribution in [-0.2, 0) is 13.1 Å². The first-order chi connectivity index (χ1) is 13.3. The van der Waals surface area contributed by atoms with Crippen molar-refractivity contribution in [1.29, 1.82) is 0 Å². The largest absolute Gasteiger partial charge is 0.390 e. The van der Waals surface area contributed by atoms with Gasteiger partial charge >= 0.3 is 0 Å². The summed E-state index contributed by atoms with van der Waals surface area (Å²) in [5.74, 6) is 0.569. The zero-order valence-electron chi connectivity index (χ0n) is 15.1. The van der Waals surface area contributed by atoms with Gasteiger partial charge in [0.25, 0.3) is 0 Å². The number of rotatable bonds is 6. The van der Waals surface area contributed by atoms with Crippen molar-refractivity contribution in [3.05, 3.63) is 72.3 Å². The van der Waals surface area contributed by atoms with Crippen LogP contribution < -0.4 is 5.32 Å². The summed E-state index contributed by atoms with van der Waals surface area (Å²) in [6, 6.07) is 12.1. The van der Waals surface area contributed by atoms with E-state index >= 15 is 0 Å². The summed E-state index contributed by atoms with van der Waals surface area (Å²) in [6.45, 7) is 3.12. The molecule has 3 aromatic rings. The minimum atomic E-state index is -0.458. The van der Waals surface area contributed by atoms with Crippen LogP contribution in [-0.4, -0.2) is 55.0 Å². The number of likely N-dealkylation sites (tertiary alicyclic amines) is 1. The first-order valence-electron chi connectivity index (χ1n) is 9.26. The van der Waals surface area contributed by atoms with Gasteiger partial charge in [-0.25, -0.2) is 9.97 Å². The highest BCUT2D eigenvalue weighted by molar-refractivity contribution is 5.28. The van der Waals surface area contributed by atoms with Crippen molar-refractivity contribution in [2.24, 2.45) is 0 Å². The zero-order valence-corrected chi connectivity index (χ0v) is 15.1. The van der Waals surface area contributed by atoms with Crippen LogP contribution in [0.4, 0.5) is 5.95 Å². The van der Waals surface area contributed by atoms with Gasteiger partial charge in [0.2, 0.25) is 5.95 Å². The molecule has 7 heteroatoms. The van der Waals surface area contributed by atoms with E-state index in [4.69, 9.17) is 0 Å². The van der Waals surface area contributed by atoms with Crippen LogP contribution in [0.15, 0.2) is 61.2 Å². The maximum atomic E-state index is 10.6. The lowest BCUT2D eigenvalue weighted by Crippen LogP contribution is -2.49. The molecule has 0 saturated carbocycles. The maximum Gasteiger partial charge on any atom is 0.222 e. The first-order valence-corrected chi connectivity index (χ1v) is 9.26. The van der Waals surface area contributed by atoms with Gasteiger partial charge in [-0.2, -0.15) is 5.10 Å². The van der Waals surface area contributed by atoms with Crippen molar-refractivity contribution < 1.29 is 5.11 Å². The van der Waals surface area contributed by atoms with Crippen LogP contribution in [0.1, 0.15) is 17.5 Å². The van der Waals surface area contributed by atoms with Gasteiger partial charge in [-0.15, -0.1) is 0 Å². The van der Waals surface area contributed by atoms with Crippen molar-refractivity contribution >= 4 is 5.95 Å². The molecule has 140 valence electrons. The Balaban J connectivity index is 1.37. The number of nitrogens with one attached hydrogen (secondary N) is 1. The lowest BCUT2D eigenvalue weighted by Gasteiger charge is -2.36. The highest BCUT2D eigenvalue weighted by Crippen LogP contribution is 2.19. The average Bonchev–Trinajstić information content (AvgIpc) is 3.20. The Kier molecular flexibility index (Phi) is 5.41. The molecule has 2 atom stereocenters. The summed E-state index contributed by atoms with van der Waals surface area (Å²) in [6.07, 6.45) is 7.57. The van der Waals surface area contributed by atoms with Crippen LogP contribution in [0.2, 0.25) is 0 Å². The van der Waals surface area contributed by atoms with E-state index in [1.54, 1.807) is 24.7 Å². The van der Waals surface area contributed by atoms with Crippen molar-refractivity contribution in [3.8, 4) is 0 Å². The molecular weight excluding hydrogens is 340 g/mol. The second-order valence-corrected chi connectivity index (χ2v) is 6.89. The fourth-order valence-electron chi connectivity index (χ4n) is 3.52. The van der Waals surface area contributed by atoms with Crippen LogP contribution in [0.5, 0.6) is 0 Å². The molecule has 0 bridgehead atoms. The van der Waals surface area contributed by atoms with Gasteiger partial charge < -0.3 is 10.4 Å². The summed E-state index contributed by atoms with van der Waals surface area (Å²) in [7, 11) is 0. The smallest absolute Gasteiger partial charge is 0.222 e. The molecule has 0 radical (unpaired) electrons. The predicted octanol–water partition coefficient (Wildman–Crippen LogP) is 1.77. The summed E-state index contributed by atoms with van der Waals surface area (Å²) in [5.41, 5.74) is 2.53. The van der Waals surface area contributed by atoms with E-state index in [0.29, 0.717) is 12.5 Å². The van der Waals surface area contributed by atoms with Gasteiger partial charge in [-0.05, 0) is 29.7 Å². The standard InChI is InChI=1S/C20H24N6O/c27-19-15-25(12-7-18(19)24-20-21-8-3-9-22-20)13-16-5-1-2-6-17(16)14-26-11-4-10-23-26/h1-6,8-11,18-19,27H,7,12-15H2,(H,21,22,24)/t18-,19-/m1/s1. The molecule has 0 amide bonds. The van der Waals surface area contributed by atoms with Gasteiger partial charge in [0.15, 0.2) is 0 Å². The molecule has 2 N–H and O–H groups in total. The molecule has 3 heterocycles. The average molecular weight is 364 g/mol. The third kappa shape index (κ3) is 4.50. The lowest BCUT2D eigenvalue weighted by molar-refractivity contribution is 0.0558. The topological polar surface area (TPSA) is 79.1 Å². The van der Waals surface area contributed by atoms with E-state index in [2.05, 4.69) is 49.5 Å². The molecule has 1 saturated heterocycles. The number of aliphatic hydroxyl groups is 1. The molecule has 0 unspecified atom stereocenters. The number of nitrogens with zero attached hydrogens (tertiary/aromatic N) is 5. The fourth-order valence-corrected chi connectivity index (χ4v) is 3.52. The Morgan fingerprint density at radius 1 is 1.00 bits per heavy atom. The Labute approximate surface area is 158 Å². The second kappa shape index (κ2) is 8.28. The minimum Gasteiger partial charge on any atom is -0.390 e. The molecule has 7 nitrogen and oxygen atoms in total. The monoisotopic (exact) mass is 364 g/mol. The summed E-state index contributed by atoms with van der Waals surface area (Å²) in [5, 5.41) is 18.1. The number of hydrogen-bond donors (Lipinski definition) is 2. The highest BCUT2D eigenvalue weighted by Gasteiger charge is 2.28. The van der Waals surface area contributed by atoms with Gasteiger partial charge in [0, 0.05) is 44.4 Å². The van der Waals surface area contributed by atoms with E-state index in [-0.39, 0.29) is 6.04 Å². The molecular formula is C20H24N6O. The Bertz CT molecular complexity index is 839. The van der Waals surface area contributed by atoms with E-state index in [0.717, 1.165) is 26.1 Å². The first kappa shape index (κ1) is 17.6. The highest BCUT2D eigenvalue weighted by atomic mass is 16.3. The maximum absolute atomic E-state index is 10.6. The summed E-state index contributed by atoms with van der Waals surface area (Å²) < 4.78 is 1.93. The molecule has 27 heavy (non-hydrogen) atoms. The Hall–Kier alpha value is -2.77. The molecule has 1 aliphatic rings. The molecule has 0 aliphatic carbocycles. The van der Waals surface area contributed by atoms with Crippen LogP contribution in [0.25, 0.3) is 0 Å². The molecule has 0 spiro atoms. The summed E-state index contributed by atoms with van der Waals surface area (Å²) >= 11 is 0. The fraction of sp³-hybridized carbons (Fsp3) is 0.350. The molecule has 1 aromatic carbocycles. The number of benzene rings is 1. The van der Waals surface area contributed by atoms with Crippen LogP contribution >= 0.6 is 0 Å². The van der Waals surface area contributed by atoms with Gasteiger partial charge in [-0.3, -0.25) is 9.58 Å². The number of β-amino-alcohol motifs (C(OH)–C–C–N with tert-alkyl or cyclic N) is 1. The molecule has 1 fully saturated rings. The number of piperidine rings is 1.